The summed E-state index contributed by atoms with van der Waals surface area (Å²) in [6.45, 7) is 4.63. The highest BCUT2D eigenvalue weighted by molar-refractivity contribution is 5.76. The molecule has 0 saturated carbocycles. The molecule has 3 unspecified atom stereocenters. The monoisotopic (exact) mass is 287 g/mol. The summed E-state index contributed by atoms with van der Waals surface area (Å²) < 4.78 is 25.3. The maximum absolute atomic E-state index is 14.2. The predicted molar refractivity (Wildman–Crippen MR) is 73.9 cm³/mol. The van der Waals surface area contributed by atoms with Gasteiger partial charge in [-0.2, -0.15) is 0 Å². The third kappa shape index (κ3) is 3.50. The first-order chi connectivity index (χ1) is 9.44. The van der Waals surface area contributed by atoms with Crippen molar-refractivity contribution in [3.63, 3.8) is 0 Å². The second-order valence-corrected chi connectivity index (χ2v) is 6.36. The second kappa shape index (κ2) is 6.39. The molecule has 2 aliphatic rings. The maximum atomic E-state index is 14.2. The van der Waals surface area contributed by atoms with E-state index in [1.165, 1.54) is 0 Å². The highest BCUT2D eigenvalue weighted by Gasteiger charge is 2.48. The third-order valence-electron chi connectivity index (χ3n) is 4.81. The van der Waals surface area contributed by atoms with Crippen molar-refractivity contribution in [3.8, 4) is 0 Å². The molecule has 5 heteroatoms. The summed E-state index contributed by atoms with van der Waals surface area (Å²) in [6, 6.07) is 0. The van der Waals surface area contributed by atoms with Crippen LogP contribution in [0.15, 0.2) is 0 Å². The zero-order valence-electron chi connectivity index (χ0n) is 12.4. The fourth-order valence-electron chi connectivity index (χ4n) is 3.02. The Morgan fingerprint density at radius 1 is 1.50 bits per heavy atom. The van der Waals surface area contributed by atoms with Crippen LogP contribution in [0, 0.1) is 11.8 Å². The fourth-order valence-corrected chi connectivity index (χ4v) is 3.02. The van der Waals surface area contributed by atoms with Crippen LogP contribution in [0.2, 0.25) is 0 Å². The van der Waals surface area contributed by atoms with Crippen LogP contribution < -0.4 is 5.73 Å². The molecule has 0 radical (unpaired) electrons. The lowest BCUT2D eigenvalue weighted by molar-refractivity contribution is -0.204. The zero-order chi connectivity index (χ0) is 14.8. The van der Waals surface area contributed by atoms with Gasteiger partial charge in [0.2, 0.25) is 5.91 Å². The van der Waals surface area contributed by atoms with Gasteiger partial charge in [0, 0.05) is 12.5 Å². The molecule has 0 aromatic heterocycles. The van der Waals surface area contributed by atoms with Crippen LogP contribution in [-0.2, 0) is 14.3 Å². The lowest BCUT2D eigenvalue weighted by atomic mass is 9.84. The van der Waals surface area contributed by atoms with E-state index in [-0.39, 0.29) is 30.6 Å². The molecule has 20 heavy (non-hydrogen) atoms. The Morgan fingerprint density at radius 2 is 2.25 bits per heavy atom. The van der Waals surface area contributed by atoms with E-state index < -0.39 is 5.67 Å². The number of amides is 1. The lowest BCUT2D eigenvalue weighted by Crippen LogP contribution is -2.55. The molecular formula is C15H26FNO3. The Labute approximate surface area is 120 Å². The van der Waals surface area contributed by atoms with Crippen molar-refractivity contribution in [1.82, 2.24) is 0 Å². The Balaban J connectivity index is 1.69. The molecule has 2 rings (SSSR count). The van der Waals surface area contributed by atoms with Crippen LogP contribution in [0.5, 0.6) is 0 Å². The number of ether oxygens (including phenoxy) is 2. The average Bonchev–Trinajstić information content (AvgIpc) is 2.87. The van der Waals surface area contributed by atoms with Crippen molar-refractivity contribution in [2.24, 2.45) is 17.6 Å². The minimum atomic E-state index is -1.13. The van der Waals surface area contributed by atoms with Gasteiger partial charge in [0.1, 0.15) is 0 Å². The van der Waals surface area contributed by atoms with Crippen LogP contribution in [0.4, 0.5) is 4.39 Å². The lowest BCUT2D eigenvalue weighted by Gasteiger charge is -2.43. The van der Waals surface area contributed by atoms with E-state index in [1.54, 1.807) is 0 Å². The number of halogens is 1. The van der Waals surface area contributed by atoms with Gasteiger partial charge in [-0.25, -0.2) is 4.39 Å². The summed E-state index contributed by atoms with van der Waals surface area (Å²) in [6.07, 6.45) is 3.72. The fraction of sp³-hybridized carbons (Fsp3) is 0.933. The number of hydrogen-bond donors (Lipinski definition) is 1. The van der Waals surface area contributed by atoms with Gasteiger partial charge in [0.15, 0.2) is 5.67 Å². The molecule has 1 amide bonds. The molecule has 2 N–H and O–H groups in total. The molecule has 0 bridgehead atoms. The predicted octanol–water partition coefficient (Wildman–Crippen LogP) is 2.20. The molecule has 5 atom stereocenters. The summed E-state index contributed by atoms with van der Waals surface area (Å²) in [4.78, 5) is 11.0. The Bertz CT molecular complexity index is 348. The van der Waals surface area contributed by atoms with Crippen molar-refractivity contribution < 1.29 is 18.7 Å². The van der Waals surface area contributed by atoms with Gasteiger partial charge in [-0.1, -0.05) is 13.8 Å². The number of carbonyl (C=O) groups is 1. The summed E-state index contributed by atoms with van der Waals surface area (Å²) in [5, 5.41) is 0. The number of hydrogen-bond acceptors (Lipinski definition) is 3. The number of carbonyl (C=O) groups excluding carboxylic acids is 1. The zero-order valence-corrected chi connectivity index (χ0v) is 12.4. The Morgan fingerprint density at radius 3 is 2.80 bits per heavy atom. The molecule has 0 aromatic carbocycles. The van der Waals surface area contributed by atoms with Crippen molar-refractivity contribution >= 4 is 5.91 Å². The van der Waals surface area contributed by atoms with Crippen LogP contribution in [-0.4, -0.2) is 37.0 Å². The topological polar surface area (TPSA) is 61.6 Å². The van der Waals surface area contributed by atoms with Crippen LogP contribution in [0.25, 0.3) is 0 Å². The molecule has 116 valence electrons. The van der Waals surface area contributed by atoms with E-state index in [9.17, 15) is 9.18 Å². The number of primary amides is 1. The average molecular weight is 287 g/mol. The normalized spacial score (nSPS) is 38.5. The number of alkyl halides is 1. The van der Waals surface area contributed by atoms with E-state index in [4.69, 9.17) is 15.2 Å². The van der Waals surface area contributed by atoms with E-state index in [1.807, 2.05) is 13.8 Å². The van der Waals surface area contributed by atoms with Crippen LogP contribution in [0.1, 0.15) is 46.0 Å². The summed E-state index contributed by atoms with van der Waals surface area (Å²) >= 11 is 0. The minimum absolute atomic E-state index is 0.105. The van der Waals surface area contributed by atoms with Gasteiger partial charge in [0.25, 0.3) is 0 Å². The van der Waals surface area contributed by atoms with Crippen molar-refractivity contribution in [3.05, 3.63) is 0 Å². The summed E-state index contributed by atoms with van der Waals surface area (Å²) in [5.41, 5.74) is 4.12. The Hall–Kier alpha value is -0.680. The molecule has 0 aliphatic carbocycles. The standard InChI is InChI=1S/C15H26FNO3/c1-3-15(16)9-20-13(15)7-11-6-12(19-8-11)5-4-10(2)14(17)18/h10-13H,3-9H2,1-2H3,(H2,17,18)/t10-,11-,12?,13?,15?/m0/s1. The van der Waals surface area contributed by atoms with Gasteiger partial charge in [-0.15, -0.1) is 0 Å². The number of nitrogens with two attached hydrogens (primary N) is 1. The van der Waals surface area contributed by atoms with Gasteiger partial charge in [-0.05, 0) is 38.0 Å². The molecule has 0 spiro atoms. The smallest absolute Gasteiger partial charge is 0.220 e. The molecular weight excluding hydrogens is 261 g/mol. The van der Waals surface area contributed by atoms with Gasteiger partial charge < -0.3 is 15.2 Å². The van der Waals surface area contributed by atoms with E-state index in [2.05, 4.69) is 0 Å². The molecule has 2 heterocycles. The molecule has 4 nitrogen and oxygen atoms in total. The van der Waals surface area contributed by atoms with Crippen molar-refractivity contribution in [1.29, 1.82) is 0 Å². The molecule has 2 saturated heterocycles. The largest absolute Gasteiger partial charge is 0.378 e. The second-order valence-electron chi connectivity index (χ2n) is 6.36. The van der Waals surface area contributed by atoms with Crippen molar-refractivity contribution in [2.45, 2.75) is 63.8 Å². The quantitative estimate of drug-likeness (QED) is 0.781. The maximum Gasteiger partial charge on any atom is 0.220 e. The van der Waals surface area contributed by atoms with Gasteiger partial charge in [0.05, 0.1) is 18.8 Å². The van der Waals surface area contributed by atoms with E-state index in [0.29, 0.717) is 18.9 Å². The van der Waals surface area contributed by atoms with Crippen molar-refractivity contribution in [2.75, 3.05) is 13.2 Å². The number of rotatable bonds is 7. The van der Waals surface area contributed by atoms with Gasteiger partial charge in [-0.3, -0.25) is 4.79 Å². The summed E-state index contributed by atoms with van der Waals surface area (Å²) in [5.74, 6) is 0.00892. The van der Waals surface area contributed by atoms with Crippen LogP contribution >= 0.6 is 0 Å². The SMILES string of the molecule is CCC1(F)COC1C[C@H]1COC(CC[C@H](C)C(N)=O)C1. The van der Waals surface area contributed by atoms with E-state index >= 15 is 0 Å². The Kier molecular flexibility index (Phi) is 5.02. The highest BCUT2D eigenvalue weighted by atomic mass is 19.1. The first kappa shape index (κ1) is 15.7. The first-order valence-electron chi connectivity index (χ1n) is 7.66. The highest BCUT2D eigenvalue weighted by Crippen LogP contribution is 2.39. The molecule has 2 aliphatic heterocycles. The summed E-state index contributed by atoms with van der Waals surface area (Å²) in [7, 11) is 0. The molecule has 2 fully saturated rings. The minimum Gasteiger partial charge on any atom is -0.378 e. The molecule has 0 aromatic rings. The third-order valence-corrected chi connectivity index (χ3v) is 4.81. The van der Waals surface area contributed by atoms with Gasteiger partial charge >= 0.3 is 0 Å². The first-order valence-corrected chi connectivity index (χ1v) is 7.66. The van der Waals surface area contributed by atoms with E-state index in [0.717, 1.165) is 25.7 Å². The van der Waals surface area contributed by atoms with Crippen LogP contribution in [0.3, 0.4) is 0 Å².